The minimum Gasteiger partial charge on any atom is -0.338 e. The lowest BCUT2D eigenvalue weighted by Gasteiger charge is -2.41. The zero-order chi connectivity index (χ0) is 24.4. The Morgan fingerprint density at radius 3 is 1.88 bits per heavy atom. The molecule has 1 saturated carbocycles. The van der Waals surface area contributed by atoms with E-state index in [0.29, 0.717) is 37.8 Å². The van der Waals surface area contributed by atoms with Crippen LogP contribution in [-0.4, -0.2) is 23.1 Å². The number of nitrogens with zero attached hydrogens (tertiary/aromatic N) is 1. The first kappa shape index (κ1) is 24.8. The van der Waals surface area contributed by atoms with Crippen LogP contribution in [0.4, 0.5) is 26.3 Å². The molecule has 0 radical (unpaired) electrons. The molecule has 0 saturated heterocycles. The van der Waals surface area contributed by atoms with Crippen LogP contribution in [0.3, 0.4) is 0 Å². The fraction of sp³-hybridized carbons (Fsp3) is 0.417. The highest BCUT2D eigenvalue weighted by atomic mass is 19.4. The summed E-state index contributed by atoms with van der Waals surface area (Å²) < 4.78 is 79.5. The van der Waals surface area contributed by atoms with Gasteiger partial charge in [-0.05, 0) is 42.2 Å². The largest absolute Gasteiger partial charge is 0.416 e. The van der Waals surface area contributed by atoms with Crippen molar-refractivity contribution in [3.63, 3.8) is 0 Å². The molecule has 1 aliphatic carbocycles. The van der Waals surface area contributed by atoms with Crippen LogP contribution in [0.15, 0.2) is 48.5 Å². The first-order valence-corrected chi connectivity index (χ1v) is 10.4. The molecule has 9 heteroatoms. The summed E-state index contributed by atoms with van der Waals surface area (Å²) in [5.41, 5.74) is -2.84. The third kappa shape index (κ3) is 5.94. The summed E-state index contributed by atoms with van der Waals surface area (Å²) >= 11 is 0. The van der Waals surface area contributed by atoms with E-state index in [4.69, 9.17) is 0 Å². The van der Waals surface area contributed by atoms with Crippen molar-refractivity contribution >= 4 is 11.7 Å². The molecule has 0 heterocycles. The Bertz CT molecular complexity index is 972. The van der Waals surface area contributed by atoms with Crippen molar-refractivity contribution in [1.29, 1.82) is 0 Å². The molecule has 2 aromatic rings. The van der Waals surface area contributed by atoms with Crippen molar-refractivity contribution in [1.82, 2.24) is 4.90 Å². The summed E-state index contributed by atoms with van der Waals surface area (Å²) in [6.45, 7) is 0.896. The van der Waals surface area contributed by atoms with Gasteiger partial charge in [0.05, 0.1) is 11.1 Å². The summed E-state index contributed by atoms with van der Waals surface area (Å²) in [6, 6.07) is 10.5. The fourth-order valence-electron chi connectivity index (χ4n) is 4.31. The van der Waals surface area contributed by atoms with E-state index in [1.54, 1.807) is 0 Å². The molecule has 0 unspecified atom stereocenters. The normalized spacial score (nSPS) is 16.5. The van der Waals surface area contributed by atoms with E-state index < -0.39 is 41.3 Å². The van der Waals surface area contributed by atoms with Gasteiger partial charge in [0.25, 0.3) is 0 Å². The third-order valence-electron chi connectivity index (χ3n) is 6.11. The van der Waals surface area contributed by atoms with E-state index >= 15 is 0 Å². The van der Waals surface area contributed by atoms with E-state index in [2.05, 4.69) is 0 Å². The van der Waals surface area contributed by atoms with Crippen molar-refractivity contribution in [3.05, 3.63) is 70.8 Å². The van der Waals surface area contributed by atoms with Crippen molar-refractivity contribution in [2.45, 2.75) is 56.9 Å². The Morgan fingerprint density at radius 2 is 1.42 bits per heavy atom. The average molecular weight is 471 g/mol. The number of hydrogen-bond acceptors (Lipinski definition) is 2. The van der Waals surface area contributed by atoms with Crippen LogP contribution in [0.1, 0.15) is 54.9 Å². The Morgan fingerprint density at radius 1 is 0.909 bits per heavy atom. The molecule has 1 fully saturated rings. The zero-order valence-corrected chi connectivity index (χ0v) is 17.9. The zero-order valence-electron chi connectivity index (χ0n) is 17.9. The van der Waals surface area contributed by atoms with Gasteiger partial charge in [0.2, 0.25) is 5.91 Å². The number of Topliss-reactive ketones (excluding diaryl/α,β-unsaturated/α-hetero) is 1. The topological polar surface area (TPSA) is 37.4 Å². The van der Waals surface area contributed by atoms with Gasteiger partial charge in [-0.15, -0.1) is 0 Å². The van der Waals surface area contributed by atoms with Gasteiger partial charge in [-0.1, -0.05) is 30.3 Å². The van der Waals surface area contributed by atoms with Gasteiger partial charge in [0.15, 0.2) is 0 Å². The second-order valence-corrected chi connectivity index (χ2v) is 8.47. The second kappa shape index (κ2) is 9.19. The molecule has 0 bridgehead atoms. The number of amides is 1. The minimum absolute atomic E-state index is 0.0693. The maximum atomic E-state index is 13.2. The van der Waals surface area contributed by atoms with Crippen LogP contribution in [0.5, 0.6) is 0 Å². The fourth-order valence-corrected chi connectivity index (χ4v) is 4.31. The summed E-state index contributed by atoms with van der Waals surface area (Å²) in [4.78, 5) is 25.6. The maximum Gasteiger partial charge on any atom is 0.416 e. The van der Waals surface area contributed by atoms with Crippen LogP contribution in [0.2, 0.25) is 0 Å². The molecule has 1 aliphatic rings. The van der Waals surface area contributed by atoms with Crippen molar-refractivity contribution < 1.29 is 35.9 Å². The summed E-state index contributed by atoms with van der Waals surface area (Å²) in [6.07, 6.45) is -8.46. The molecule has 33 heavy (non-hydrogen) atoms. The van der Waals surface area contributed by atoms with E-state index in [0.717, 1.165) is 5.56 Å². The van der Waals surface area contributed by atoms with Gasteiger partial charge >= 0.3 is 12.4 Å². The quantitative estimate of drug-likeness (QED) is 0.491. The molecule has 0 aromatic heterocycles. The number of hydrogen-bond donors (Lipinski definition) is 0. The molecular weight excluding hydrogens is 448 g/mol. The van der Waals surface area contributed by atoms with Gasteiger partial charge < -0.3 is 4.90 Å². The van der Waals surface area contributed by atoms with Gasteiger partial charge in [0, 0.05) is 38.3 Å². The molecule has 3 rings (SSSR count). The molecule has 178 valence electrons. The monoisotopic (exact) mass is 471 g/mol. The second-order valence-electron chi connectivity index (χ2n) is 8.47. The van der Waals surface area contributed by atoms with Gasteiger partial charge in [0.1, 0.15) is 5.78 Å². The third-order valence-corrected chi connectivity index (χ3v) is 6.11. The minimum atomic E-state index is -4.97. The predicted molar refractivity (Wildman–Crippen MR) is 109 cm³/mol. The molecule has 0 aliphatic heterocycles. The van der Waals surface area contributed by atoms with Crippen LogP contribution in [-0.2, 0) is 33.9 Å². The molecule has 0 atom stereocenters. The molecule has 0 spiro atoms. The molecular formula is C24H23F6NO2. The van der Waals surface area contributed by atoms with Crippen LogP contribution in [0.25, 0.3) is 0 Å². The van der Waals surface area contributed by atoms with Crippen molar-refractivity contribution in [3.8, 4) is 0 Å². The Kier molecular flexibility index (Phi) is 6.91. The predicted octanol–water partition coefficient (Wildman–Crippen LogP) is 6.15. The number of carbonyl (C=O) groups excluding carboxylic acids is 2. The van der Waals surface area contributed by atoms with E-state index in [1.807, 2.05) is 30.3 Å². The maximum absolute atomic E-state index is 13.2. The standard InChI is InChI=1S/C24H23F6NO2/c1-16(32)31(14-17-11-19(23(25,26)27)13-20(12-17)24(28,29)30)15-22(9-7-21(33)8-10-22)18-5-3-2-4-6-18/h2-6,11-13H,7-10,14-15H2,1H3. The first-order chi connectivity index (χ1) is 15.3. The lowest BCUT2D eigenvalue weighted by atomic mass is 9.68. The summed E-state index contributed by atoms with van der Waals surface area (Å²) in [7, 11) is 0. The highest BCUT2D eigenvalue weighted by molar-refractivity contribution is 5.80. The number of rotatable bonds is 5. The Labute approximate surface area is 187 Å². The van der Waals surface area contributed by atoms with Crippen LogP contribution < -0.4 is 0 Å². The van der Waals surface area contributed by atoms with Crippen molar-refractivity contribution in [2.75, 3.05) is 6.54 Å². The molecule has 2 aromatic carbocycles. The number of benzene rings is 2. The van der Waals surface area contributed by atoms with Gasteiger partial charge in [-0.25, -0.2) is 0 Å². The molecule has 3 nitrogen and oxygen atoms in total. The van der Waals surface area contributed by atoms with E-state index in [1.165, 1.54) is 11.8 Å². The Hall–Kier alpha value is -2.84. The number of carbonyl (C=O) groups is 2. The molecule has 1 amide bonds. The van der Waals surface area contributed by atoms with E-state index in [9.17, 15) is 35.9 Å². The van der Waals surface area contributed by atoms with Gasteiger partial charge in [-0.3, -0.25) is 9.59 Å². The highest BCUT2D eigenvalue weighted by Gasteiger charge is 2.40. The summed E-state index contributed by atoms with van der Waals surface area (Å²) in [5, 5.41) is 0. The smallest absolute Gasteiger partial charge is 0.338 e. The summed E-state index contributed by atoms with van der Waals surface area (Å²) in [5.74, 6) is -0.392. The Balaban J connectivity index is 1.98. The number of alkyl halides is 6. The number of ketones is 1. The van der Waals surface area contributed by atoms with Crippen molar-refractivity contribution in [2.24, 2.45) is 0 Å². The lowest BCUT2D eigenvalue weighted by molar-refractivity contribution is -0.143. The lowest BCUT2D eigenvalue weighted by Crippen LogP contribution is -2.45. The SMILES string of the molecule is CC(=O)N(Cc1cc(C(F)(F)F)cc(C(F)(F)F)c1)CC1(c2ccccc2)CCC(=O)CC1. The van der Waals surface area contributed by atoms with Crippen LogP contribution >= 0.6 is 0 Å². The highest BCUT2D eigenvalue weighted by Crippen LogP contribution is 2.40. The molecule has 0 N–H and O–H groups in total. The number of halogens is 6. The first-order valence-electron chi connectivity index (χ1n) is 10.4. The average Bonchev–Trinajstić information content (AvgIpc) is 2.74. The van der Waals surface area contributed by atoms with Gasteiger partial charge in [-0.2, -0.15) is 26.3 Å². The van der Waals surface area contributed by atoms with Crippen LogP contribution in [0, 0.1) is 0 Å². The van der Waals surface area contributed by atoms with E-state index in [-0.39, 0.29) is 24.0 Å².